The fourth-order valence-electron chi connectivity index (χ4n) is 4.69. The van der Waals surface area contributed by atoms with Crippen molar-refractivity contribution in [3.63, 3.8) is 0 Å². The Labute approximate surface area is 198 Å². The molecule has 0 saturated carbocycles. The van der Waals surface area contributed by atoms with E-state index in [4.69, 9.17) is 0 Å². The number of aryl methyl sites for hydroxylation is 1. The zero-order valence-electron chi connectivity index (χ0n) is 19.4. The van der Waals surface area contributed by atoms with E-state index in [9.17, 15) is 14.3 Å². The smallest absolute Gasteiger partial charge is 0.324 e. The molecule has 2 aliphatic rings. The van der Waals surface area contributed by atoms with E-state index in [0.29, 0.717) is 35.3 Å². The summed E-state index contributed by atoms with van der Waals surface area (Å²) in [6.45, 7) is 6.68. The molecule has 2 amide bonds. The molecule has 0 aliphatic carbocycles. The molecule has 2 aliphatic heterocycles. The first-order valence-corrected chi connectivity index (χ1v) is 11.5. The maximum Gasteiger partial charge on any atom is 0.324 e. The molecule has 176 valence electrons. The summed E-state index contributed by atoms with van der Waals surface area (Å²) < 4.78 is 14.8. The van der Waals surface area contributed by atoms with E-state index >= 15 is 0 Å². The third-order valence-corrected chi connectivity index (χ3v) is 6.59. The number of carbonyl (C=O) groups is 1. The van der Waals surface area contributed by atoms with Gasteiger partial charge >= 0.3 is 6.03 Å². The fourth-order valence-corrected chi connectivity index (χ4v) is 4.69. The van der Waals surface area contributed by atoms with E-state index in [2.05, 4.69) is 15.2 Å². The summed E-state index contributed by atoms with van der Waals surface area (Å²) in [6, 6.07) is 11.9. The van der Waals surface area contributed by atoms with Gasteiger partial charge in [-0.25, -0.2) is 14.2 Å². The lowest BCUT2D eigenvalue weighted by Gasteiger charge is -2.28. The minimum atomic E-state index is -0.429. The van der Waals surface area contributed by atoms with Crippen LogP contribution in [0.1, 0.15) is 5.56 Å². The molecule has 7 nitrogen and oxygen atoms in total. The van der Waals surface area contributed by atoms with E-state index in [-0.39, 0.29) is 11.8 Å². The van der Waals surface area contributed by atoms with Gasteiger partial charge in [0.25, 0.3) is 0 Å². The Morgan fingerprint density at radius 2 is 1.68 bits per heavy atom. The molecule has 0 atom stereocenters. The lowest BCUT2D eigenvalue weighted by molar-refractivity contribution is 0.229. The number of urea groups is 1. The SMILES string of the molecule is Cc1cc(-c2cc(F)cc(-c3ccnc(N4CCNCC4)c3)c2O)ccc1N1CCN(C)C1=O. The van der Waals surface area contributed by atoms with Gasteiger partial charge in [-0.1, -0.05) is 6.07 Å². The third kappa shape index (κ3) is 4.05. The van der Waals surface area contributed by atoms with Crippen LogP contribution in [-0.4, -0.2) is 67.3 Å². The molecule has 0 unspecified atom stereocenters. The summed E-state index contributed by atoms with van der Waals surface area (Å²) in [5.41, 5.74) is 3.94. The van der Waals surface area contributed by atoms with E-state index in [0.717, 1.165) is 43.2 Å². The number of halogens is 1. The van der Waals surface area contributed by atoms with Gasteiger partial charge in [-0.15, -0.1) is 0 Å². The molecule has 2 fully saturated rings. The van der Waals surface area contributed by atoms with E-state index < -0.39 is 5.82 Å². The summed E-state index contributed by atoms with van der Waals surface area (Å²) in [5, 5.41) is 14.5. The number of rotatable bonds is 4. The maximum atomic E-state index is 14.8. The topological polar surface area (TPSA) is 71.9 Å². The number of anilines is 2. The molecule has 0 spiro atoms. The molecular weight excluding hydrogens is 433 g/mol. The monoisotopic (exact) mass is 461 g/mol. The van der Waals surface area contributed by atoms with Gasteiger partial charge in [-0.3, -0.25) is 4.90 Å². The molecule has 2 N–H and O–H groups in total. The Morgan fingerprint density at radius 1 is 0.971 bits per heavy atom. The molecule has 34 heavy (non-hydrogen) atoms. The average molecular weight is 462 g/mol. The maximum absolute atomic E-state index is 14.8. The number of nitrogens with one attached hydrogen (secondary N) is 1. The normalized spacial score (nSPS) is 16.4. The fraction of sp³-hybridized carbons (Fsp3) is 0.308. The predicted molar refractivity (Wildman–Crippen MR) is 132 cm³/mol. The van der Waals surface area contributed by atoms with Crippen molar-refractivity contribution in [1.29, 1.82) is 0 Å². The van der Waals surface area contributed by atoms with Crippen LogP contribution < -0.4 is 15.1 Å². The van der Waals surface area contributed by atoms with Crippen LogP contribution in [0.5, 0.6) is 5.75 Å². The second kappa shape index (κ2) is 8.95. The summed E-state index contributed by atoms with van der Waals surface area (Å²) in [5.74, 6) is 0.397. The van der Waals surface area contributed by atoms with Crippen LogP contribution in [-0.2, 0) is 0 Å². The average Bonchev–Trinajstić information content (AvgIpc) is 3.18. The first-order valence-electron chi connectivity index (χ1n) is 11.5. The highest BCUT2D eigenvalue weighted by atomic mass is 19.1. The number of pyridine rings is 1. The molecule has 0 radical (unpaired) electrons. The summed E-state index contributed by atoms with van der Waals surface area (Å²) >= 11 is 0. The van der Waals surface area contributed by atoms with Gasteiger partial charge in [0, 0.05) is 69.3 Å². The van der Waals surface area contributed by atoms with Crippen LogP contribution in [0.15, 0.2) is 48.7 Å². The van der Waals surface area contributed by atoms with Gasteiger partial charge in [0.2, 0.25) is 0 Å². The van der Waals surface area contributed by atoms with E-state index in [1.54, 1.807) is 29.1 Å². The van der Waals surface area contributed by atoms with Crippen molar-refractivity contribution in [3.05, 3.63) is 60.0 Å². The minimum Gasteiger partial charge on any atom is -0.507 e. The minimum absolute atomic E-state index is 0.0167. The van der Waals surface area contributed by atoms with Gasteiger partial charge in [-0.2, -0.15) is 0 Å². The number of aromatic hydroxyl groups is 1. The first kappa shape index (κ1) is 22.2. The molecule has 1 aromatic heterocycles. The van der Waals surface area contributed by atoms with Crippen LogP contribution in [0.3, 0.4) is 0 Å². The van der Waals surface area contributed by atoms with Crippen LogP contribution in [0, 0.1) is 12.7 Å². The van der Waals surface area contributed by atoms with Gasteiger partial charge in [-0.05, 0) is 60.0 Å². The highest BCUT2D eigenvalue weighted by molar-refractivity contribution is 5.95. The lowest BCUT2D eigenvalue weighted by atomic mass is 9.96. The number of phenolic OH excluding ortho intramolecular Hbond substituents is 1. The number of nitrogens with zero attached hydrogens (tertiary/aromatic N) is 4. The van der Waals surface area contributed by atoms with Crippen molar-refractivity contribution >= 4 is 17.5 Å². The largest absolute Gasteiger partial charge is 0.507 e. The van der Waals surface area contributed by atoms with Crippen molar-refractivity contribution in [1.82, 2.24) is 15.2 Å². The van der Waals surface area contributed by atoms with Crippen LogP contribution in [0.25, 0.3) is 22.3 Å². The van der Waals surface area contributed by atoms with Crippen molar-refractivity contribution < 1.29 is 14.3 Å². The Hall–Kier alpha value is -3.65. The van der Waals surface area contributed by atoms with Gasteiger partial charge < -0.3 is 20.2 Å². The zero-order valence-corrected chi connectivity index (χ0v) is 19.4. The molecule has 3 aromatic rings. The quantitative estimate of drug-likeness (QED) is 0.618. The second-order valence-electron chi connectivity index (χ2n) is 8.85. The number of benzene rings is 2. The summed E-state index contributed by atoms with van der Waals surface area (Å²) in [7, 11) is 1.78. The molecule has 2 saturated heterocycles. The number of carbonyl (C=O) groups excluding carboxylic acids is 1. The van der Waals surface area contributed by atoms with Crippen LogP contribution in [0.4, 0.5) is 20.7 Å². The molecule has 2 aromatic carbocycles. The first-order chi connectivity index (χ1) is 16.4. The van der Waals surface area contributed by atoms with Gasteiger partial charge in [0.15, 0.2) is 0 Å². The van der Waals surface area contributed by atoms with Crippen molar-refractivity contribution in [2.75, 3.05) is 56.1 Å². The van der Waals surface area contributed by atoms with Crippen LogP contribution >= 0.6 is 0 Å². The number of hydrogen-bond acceptors (Lipinski definition) is 5. The van der Waals surface area contributed by atoms with Gasteiger partial charge in [0.1, 0.15) is 17.4 Å². The Kier molecular flexibility index (Phi) is 5.83. The predicted octanol–water partition coefficient (Wildman–Crippen LogP) is 3.85. The number of piperazine rings is 1. The number of amides is 2. The molecule has 5 rings (SSSR count). The number of phenols is 1. The highest BCUT2D eigenvalue weighted by Crippen LogP contribution is 2.41. The number of hydrogen-bond donors (Lipinski definition) is 2. The molecule has 8 heteroatoms. The van der Waals surface area contributed by atoms with Crippen LogP contribution in [0.2, 0.25) is 0 Å². The van der Waals surface area contributed by atoms with Gasteiger partial charge in [0.05, 0.1) is 0 Å². The zero-order chi connectivity index (χ0) is 23.8. The number of aromatic nitrogens is 1. The van der Waals surface area contributed by atoms with E-state index in [1.165, 1.54) is 12.1 Å². The lowest BCUT2D eigenvalue weighted by Crippen LogP contribution is -2.43. The summed E-state index contributed by atoms with van der Waals surface area (Å²) in [6.07, 6.45) is 1.69. The Morgan fingerprint density at radius 3 is 2.32 bits per heavy atom. The molecule has 3 heterocycles. The van der Waals surface area contributed by atoms with Crippen molar-refractivity contribution in [2.24, 2.45) is 0 Å². The highest BCUT2D eigenvalue weighted by Gasteiger charge is 2.27. The number of likely N-dealkylation sites (N-methyl/N-ethyl adjacent to an activating group) is 1. The third-order valence-electron chi connectivity index (χ3n) is 6.59. The van der Waals surface area contributed by atoms with Crippen molar-refractivity contribution in [2.45, 2.75) is 6.92 Å². The summed E-state index contributed by atoms with van der Waals surface area (Å²) in [4.78, 5) is 22.5. The second-order valence-corrected chi connectivity index (χ2v) is 8.85. The molecule has 0 bridgehead atoms. The van der Waals surface area contributed by atoms with E-state index in [1.807, 2.05) is 31.2 Å². The Balaban J connectivity index is 1.51. The molecular formula is C26H28FN5O2. The van der Waals surface area contributed by atoms with Crippen molar-refractivity contribution in [3.8, 4) is 28.0 Å². The Bertz CT molecular complexity index is 1240. The standard InChI is InChI=1S/C26H28FN5O2/c1-17-13-18(3-4-23(17)32-12-11-30(2)26(32)34)21-15-20(27)16-22(25(21)33)19-5-6-29-24(14-19)31-9-7-28-8-10-31/h3-6,13-16,28,33H,7-12H2,1-2H3.